The molecule has 1 amide bonds. The van der Waals surface area contributed by atoms with E-state index in [-0.39, 0.29) is 17.6 Å². The highest BCUT2D eigenvalue weighted by molar-refractivity contribution is 5.76. The Labute approximate surface area is 117 Å². The lowest BCUT2D eigenvalue weighted by Crippen LogP contribution is -2.31. The fraction of sp³-hybridized carbons (Fsp3) is 0.538. The molecule has 2 rings (SSSR count). The fourth-order valence-corrected chi connectivity index (χ4v) is 2.36. The van der Waals surface area contributed by atoms with Crippen LogP contribution < -0.4 is 5.32 Å². The number of aromatic nitrogens is 1. The van der Waals surface area contributed by atoms with Crippen LogP contribution in [0, 0.1) is 17.0 Å². The number of anilines is 1. The van der Waals surface area contributed by atoms with Gasteiger partial charge >= 0.3 is 0 Å². The van der Waals surface area contributed by atoms with E-state index in [1.54, 1.807) is 13.0 Å². The average Bonchev–Trinajstić information content (AvgIpc) is 2.86. The molecule has 1 aromatic heterocycles. The summed E-state index contributed by atoms with van der Waals surface area (Å²) >= 11 is 0. The van der Waals surface area contributed by atoms with Gasteiger partial charge in [0.15, 0.2) is 0 Å². The second-order valence-corrected chi connectivity index (χ2v) is 4.88. The second-order valence-electron chi connectivity index (χ2n) is 4.88. The van der Waals surface area contributed by atoms with Crippen LogP contribution in [0.2, 0.25) is 0 Å². The fourth-order valence-electron chi connectivity index (χ4n) is 2.36. The van der Waals surface area contributed by atoms with Crippen LogP contribution in [-0.2, 0) is 4.79 Å². The van der Waals surface area contributed by atoms with E-state index in [4.69, 9.17) is 0 Å². The Bertz CT molecular complexity index is 532. The Morgan fingerprint density at radius 3 is 2.95 bits per heavy atom. The minimum absolute atomic E-state index is 0.0183. The first-order chi connectivity index (χ1) is 9.51. The molecule has 0 aromatic carbocycles. The highest BCUT2D eigenvalue weighted by atomic mass is 16.6. The first-order valence-electron chi connectivity index (χ1n) is 6.67. The van der Waals surface area contributed by atoms with E-state index in [2.05, 4.69) is 10.3 Å². The number of hydrogen-bond acceptors (Lipinski definition) is 5. The third-order valence-electron chi connectivity index (χ3n) is 3.45. The molecule has 1 aromatic rings. The Balaban J connectivity index is 2.00. The van der Waals surface area contributed by atoms with Crippen LogP contribution in [-0.4, -0.2) is 39.8 Å². The van der Waals surface area contributed by atoms with Gasteiger partial charge in [0.1, 0.15) is 11.5 Å². The van der Waals surface area contributed by atoms with Crippen molar-refractivity contribution >= 4 is 17.4 Å². The number of likely N-dealkylation sites (tertiary alicyclic amines) is 1. The number of pyridine rings is 1. The molecule has 0 saturated carbocycles. The SMILES string of the molecule is CCC(=O)N1CCC(Nc2ccc([N+](=O)[O-])c(C)n2)C1. The zero-order valence-corrected chi connectivity index (χ0v) is 11.6. The first kappa shape index (κ1) is 14.2. The summed E-state index contributed by atoms with van der Waals surface area (Å²) in [5.74, 6) is 0.769. The summed E-state index contributed by atoms with van der Waals surface area (Å²) in [7, 11) is 0. The molecule has 2 heterocycles. The molecule has 7 heteroatoms. The first-order valence-corrected chi connectivity index (χ1v) is 6.67. The molecular formula is C13H18N4O3. The van der Waals surface area contributed by atoms with Gasteiger partial charge < -0.3 is 10.2 Å². The predicted octanol–water partition coefficient (Wildman–Crippen LogP) is 1.72. The van der Waals surface area contributed by atoms with Crippen LogP contribution in [0.4, 0.5) is 11.5 Å². The van der Waals surface area contributed by atoms with Gasteiger partial charge in [-0.1, -0.05) is 6.92 Å². The molecule has 1 N–H and O–H groups in total. The summed E-state index contributed by atoms with van der Waals surface area (Å²) in [4.78, 5) is 27.9. The van der Waals surface area contributed by atoms with Crippen LogP contribution in [0.1, 0.15) is 25.5 Å². The molecule has 1 fully saturated rings. The minimum atomic E-state index is -0.441. The maximum atomic E-state index is 11.6. The van der Waals surface area contributed by atoms with Gasteiger partial charge in [-0.05, 0) is 19.4 Å². The van der Waals surface area contributed by atoms with E-state index in [1.165, 1.54) is 6.07 Å². The molecule has 1 atom stereocenters. The number of nitro groups is 1. The predicted molar refractivity (Wildman–Crippen MR) is 74.5 cm³/mol. The van der Waals surface area contributed by atoms with E-state index in [0.29, 0.717) is 24.5 Å². The van der Waals surface area contributed by atoms with Crippen LogP contribution in [0.15, 0.2) is 12.1 Å². The third-order valence-corrected chi connectivity index (χ3v) is 3.45. The quantitative estimate of drug-likeness (QED) is 0.669. The van der Waals surface area contributed by atoms with Gasteiger partial charge in [-0.2, -0.15) is 0 Å². The van der Waals surface area contributed by atoms with E-state index in [1.807, 2.05) is 11.8 Å². The molecule has 7 nitrogen and oxygen atoms in total. The number of aryl methyl sites for hydroxylation is 1. The highest BCUT2D eigenvalue weighted by Crippen LogP contribution is 2.20. The van der Waals surface area contributed by atoms with Crippen molar-refractivity contribution < 1.29 is 9.72 Å². The van der Waals surface area contributed by atoms with E-state index >= 15 is 0 Å². The van der Waals surface area contributed by atoms with Gasteiger partial charge in [-0.15, -0.1) is 0 Å². The maximum absolute atomic E-state index is 11.6. The molecule has 1 saturated heterocycles. The highest BCUT2D eigenvalue weighted by Gasteiger charge is 2.25. The number of hydrogen-bond donors (Lipinski definition) is 1. The summed E-state index contributed by atoms with van der Waals surface area (Å²) in [5, 5.41) is 14.0. The van der Waals surface area contributed by atoms with Crippen molar-refractivity contribution in [2.45, 2.75) is 32.7 Å². The Hall–Kier alpha value is -2.18. The Morgan fingerprint density at radius 2 is 2.35 bits per heavy atom. The van der Waals surface area contributed by atoms with Gasteiger partial charge in [-0.25, -0.2) is 4.98 Å². The maximum Gasteiger partial charge on any atom is 0.290 e. The molecule has 1 aliphatic rings. The van der Waals surface area contributed by atoms with Gasteiger partial charge in [0.2, 0.25) is 5.91 Å². The van der Waals surface area contributed by atoms with Crippen LogP contribution in [0.25, 0.3) is 0 Å². The van der Waals surface area contributed by atoms with Crippen molar-refractivity contribution in [3.8, 4) is 0 Å². The lowest BCUT2D eigenvalue weighted by molar-refractivity contribution is -0.385. The molecule has 0 spiro atoms. The number of carbonyl (C=O) groups excluding carboxylic acids is 1. The average molecular weight is 278 g/mol. The van der Waals surface area contributed by atoms with Crippen molar-refractivity contribution in [2.75, 3.05) is 18.4 Å². The van der Waals surface area contributed by atoms with Gasteiger partial charge in [0.05, 0.1) is 4.92 Å². The number of nitrogens with zero attached hydrogens (tertiary/aromatic N) is 3. The van der Waals surface area contributed by atoms with Crippen molar-refractivity contribution in [1.29, 1.82) is 0 Å². The molecule has 20 heavy (non-hydrogen) atoms. The zero-order chi connectivity index (χ0) is 14.7. The van der Waals surface area contributed by atoms with Crippen molar-refractivity contribution in [1.82, 2.24) is 9.88 Å². The summed E-state index contributed by atoms with van der Waals surface area (Å²) in [5.41, 5.74) is 0.407. The van der Waals surface area contributed by atoms with Crippen LogP contribution in [0.3, 0.4) is 0 Å². The lowest BCUT2D eigenvalue weighted by Gasteiger charge is -2.16. The van der Waals surface area contributed by atoms with Crippen molar-refractivity contribution in [3.05, 3.63) is 27.9 Å². The topological polar surface area (TPSA) is 88.4 Å². The van der Waals surface area contributed by atoms with Gasteiger partial charge in [-0.3, -0.25) is 14.9 Å². The largest absolute Gasteiger partial charge is 0.365 e. The third kappa shape index (κ3) is 3.04. The smallest absolute Gasteiger partial charge is 0.290 e. The van der Waals surface area contributed by atoms with Crippen molar-refractivity contribution in [3.63, 3.8) is 0 Å². The molecule has 0 aliphatic carbocycles. The van der Waals surface area contributed by atoms with Gasteiger partial charge in [0, 0.05) is 31.6 Å². The molecular weight excluding hydrogens is 260 g/mol. The molecule has 1 aliphatic heterocycles. The number of nitrogens with one attached hydrogen (secondary N) is 1. The standard InChI is InChI=1S/C13H18N4O3/c1-3-13(18)16-7-6-10(8-16)15-12-5-4-11(17(19)20)9(2)14-12/h4-5,10H,3,6-8H2,1-2H3,(H,14,15). The Morgan fingerprint density at radius 1 is 1.60 bits per heavy atom. The van der Waals surface area contributed by atoms with E-state index in [9.17, 15) is 14.9 Å². The normalized spacial score (nSPS) is 18.1. The molecule has 0 radical (unpaired) electrons. The molecule has 108 valence electrons. The Kier molecular flexibility index (Phi) is 4.16. The van der Waals surface area contributed by atoms with Gasteiger partial charge in [0.25, 0.3) is 5.69 Å². The summed E-state index contributed by atoms with van der Waals surface area (Å²) in [6.45, 7) is 4.87. The van der Waals surface area contributed by atoms with Crippen LogP contribution in [0.5, 0.6) is 0 Å². The van der Waals surface area contributed by atoms with E-state index < -0.39 is 4.92 Å². The number of carbonyl (C=O) groups is 1. The number of rotatable bonds is 4. The summed E-state index contributed by atoms with van der Waals surface area (Å²) in [6.07, 6.45) is 1.38. The minimum Gasteiger partial charge on any atom is -0.365 e. The monoisotopic (exact) mass is 278 g/mol. The lowest BCUT2D eigenvalue weighted by atomic mass is 10.2. The zero-order valence-electron chi connectivity index (χ0n) is 11.6. The molecule has 1 unspecified atom stereocenters. The van der Waals surface area contributed by atoms with E-state index in [0.717, 1.165) is 13.0 Å². The number of amides is 1. The summed E-state index contributed by atoms with van der Waals surface area (Å²) in [6, 6.07) is 3.21. The second kappa shape index (κ2) is 5.85. The summed E-state index contributed by atoms with van der Waals surface area (Å²) < 4.78 is 0. The van der Waals surface area contributed by atoms with Crippen LogP contribution >= 0.6 is 0 Å². The van der Waals surface area contributed by atoms with Crippen molar-refractivity contribution in [2.24, 2.45) is 0 Å². The molecule has 0 bridgehead atoms.